The number of carbonyl (C=O) groups excluding carboxylic acids is 2. The van der Waals surface area contributed by atoms with E-state index in [1.54, 1.807) is 0 Å². The van der Waals surface area contributed by atoms with Gasteiger partial charge in [0.1, 0.15) is 0 Å². The van der Waals surface area contributed by atoms with Gasteiger partial charge in [-0.3, -0.25) is 9.59 Å². The summed E-state index contributed by atoms with van der Waals surface area (Å²) in [6.07, 6.45) is 0.803. The van der Waals surface area contributed by atoms with E-state index >= 15 is 0 Å². The quantitative estimate of drug-likeness (QED) is 0.229. The van der Waals surface area contributed by atoms with Crippen LogP contribution in [0, 0.1) is 0 Å². The molecule has 0 saturated carbocycles. The van der Waals surface area contributed by atoms with E-state index in [4.69, 9.17) is 5.11 Å². The van der Waals surface area contributed by atoms with Crippen molar-refractivity contribution >= 4 is 12.1 Å². The van der Waals surface area contributed by atoms with Gasteiger partial charge in [0.2, 0.25) is 0 Å². The Balaban J connectivity index is 0. The molecule has 0 atom stereocenters. The first-order valence-corrected chi connectivity index (χ1v) is 2.03. The first-order valence-electron chi connectivity index (χ1n) is 2.03. The Morgan fingerprint density at radius 3 is 2.00 bits per heavy atom. The largest absolute Gasteiger partial charge is 0.515 e. The molecule has 0 bridgehead atoms. The summed E-state index contributed by atoms with van der Waals surface area (Å²) in [7, 11) is 0. The summed E-state index contributed by atoms with van der Waals surface area (Å²) >= 11 is 0. The summed E-state index contributed by atoms with van der Waals surface area (Å²) in [5.74, 6) is -0.428. The maximum absolute atomic E-state index is 10.1. The monoisotopic (exact) mass is 203 g/mol. The summed E-state index contributed by atoms with van der Waals surface area (Å²) in [5, 5.41) is 8.08. The number of aldehydes is 1. The predicted molar refractivity (Wildman–Crippen MR) is 27.5 cm³/mol. The van der Waals surface area contributed by atoms with Crippen molar-refractivity contribution in [2.45, 2.75) is 6.92 Å². The molecule has 0 fully saturated rings. The van der Waals surface area contributed by atoms with Crippen molar-refractivity contribution < 1.29 is 47.4 Å². The Hall–Kier alpha value is -0.0161. The average molecular weight is 203 g/mol. The van der Waals surface area contributed by atoms with E-state index in [9.17, 15) is 9.59 Å². The van der Waals surface area contributed by atoms with Crippen LogP contribution in [0.5, 0.6) is 0 Å². The van der Waals surface area contributed by atoms with Crippen LogP contribution in [0.2, 0.25) is 0 Å². The molecule has 0 heterocycles. The van der Waals surface area contributed by atoms with Gasteiger partial charge in [0.05, 0.1) is 11.8 Å². The summed E-state index contributed by atoms with van der Waals surface area (Å²) in [6, 6.07) is 0. The molecular weight excluding hydrogens is 197 g/mol. The predicted octanol–water partition coefficient (Wildman–Crippen LogP) is 0.214. The van der Waals surface area contributed by atoms with Crippen molar-refractivity contribution in [2.24, 2.45) is 0 Å². The molecule has 1 N–H and O–H groups in total. The molecule has 0 rings (SSSR count). The van der Waals surface area contributed by atoms with Crippen LogP contribution in [0.3, 0.4) is 0 Å². The van der Waals surface area contributed by atoms with Crippen molar-refractivity contribution in [2.75, 3.05) is 0 Å². The first-order chi connectivity index (χ1) is 3.72. The Bertz CT molecular complexity index is 139. The second-order valence-corrected chi connectivity index (χ2v) is 1.26. The van der Waals surface area contributed by atoms with Gasteiger partial charge in [-0.05, 0) is 6.92 Å². The van der Waals surface area contributed by atoms with Crippen LogP contribution in [-0.2, 0) is 42.3 Å². The van der Waals surface area contributed by atoms with Gasteiger partial charge >= 0.3 is 0 Å². The number of hydrogen-bond acceptors (Lipinski definition) is 3. The number of Topliss-reactive ketones (excluding diaryl/α,β-unsaturated/α-hetero) is 1. The second kappa shape index (κ2) is 6.11. The van der Waals surface area contributed by atoms with Crippen LogP contribution >= 0.6 is 0 Å². The van der Waals surface area contributed by atoms with Crippen LogP contribution in [0.4, 0.5) is 0 Å². The molecule has 3 nitrogen and oxygen atoms in total. The molecule has 9 heavy (non-hydrogen) atoms. The van der Waals surface area contributed by atoms with Gasteiger partial charge in [-0.15, -0.1) is 0 Å². The van der Waals surface area contributed by atoms with Crippen LogP contribution in [0.1, 0.15) is 6.92 Å². The van der Waals surface area contributed by atoms with Crippen molar-refractivity contribution in [1.29, 1.82) is 0 Å². The molecule has 0 unspecified atom stereocenters. The fraction of sp³-hybridized carbons (Fsp3) is 0.200. The summed E-state index contributed by atoms with van der Waals surface area (Å²) in [4.78, 5) is 19.9. The molecule has 0 aromatic heterocycles. The molecule has 0 aliphatic heterocycles. The summed E-state index contributed by atoms with van der Waals surface area (Å²) in [6.45, 7) is 1.20. The minimum absolute atomic E-state index is 0. The minimum atomic E-state index is -0.428. The van der Waals surface area contributed by atoms with Gasteiger partial charge in [0.15, 0.2) is 12.1 Å². The first kappa shape index (κ1) is 11.7. The summed E-state index contributed by atoms with van der Waals surface area (Å²) in [5.41, 5.74) is -0.204. The normalized spacial score (nSPS) is 9.67. The number of rotatable bonds is 2. The van der Waals surface area contributed by atoms with E-state index in [0.29, 0.717) is 12.5 Å². The number of ketones is 1. The molecule has 4 heteroatoms. The number of aliphatic hydroxyl groups is 1. The molecule has 0 aromatic rings. The average Bonchev–Trinajstić information content (AvgIpc) is 1.69. The Morgan fingerprint density at radius 1 is 1.56 bits per heavy atom. The van der Waals surface area contributed by atoms with Crippen molar-refractivity contribution in [1.82, 2.24) is 0 Å². The maximum atomic E-state index is 10.1. The van der Waals surface area contributed by atoms with Crippen LogP contribution in [-0.4, -0.2) is 17.2 Å². The van der Waals surface area contributed by atoms with Gasteiger partial charge < -0.3 is 5.11 Å². The molecule has 0 spiro atoms. The fourth-order valence-corrected chi connectivity index (χ4v) is 0.204. The number of hydrogen-bond donors (Lipinski definition) is 1. The zero-order chi connectivity index (χ0) is 6.57. The standard InChI is InChI=1S/C5H6O3.Y/c1-4(8)5(2-6)3-7;/h2-3,6H,1H3;/b5-2-;. The third-order valence-corrected chi connectivity index (χ3v) is 0.673. The summed E-state index contributed by atoms with van der Waals surface area (Å²) < 4.78 is 0. The van der Waals surface area contributed by atoms with E-state index in [1.165, 1.54) is 6.92 Å². The van der Waals surface area contributed by atoms with E-state index < -0.39 is 5.78 Å². The molecule has 0 saturated heterocycles. The van der Waals surface area contributed by atoms with Crippen LogP contribution in [0.15, 0.2) is 11.8 Å². The molecule has 0 aliphatic carbocycles. The van der Waals surface area contributed by atoms with Crippen molar-refractivity contribution in [3.8, 4) is 0 Å². The van der Waals surface area contributed by atoms with Gasteiger partial charge in [0, 0.05) is 32.7 Å². The minimum Gasteiger partial charge on any atom is -0.515 e. The van der Waals surface area contributed by atoms with E-state index in [0.717, 1.165) is 0 Å². The third-order valence-electron chi connectivity index (χ3n) is 0.673. The smallest absolute Gasteiger partial charge is 0.166 e. The van der Waals surface area contributed by atoms with Gasteiger partial charge in [-0.1, -0.05) is 0 Å². The number of carbonyl (C=O) groups is 2. The molecule has 0 aromatic carbocycles. The third kappa shape index (κ3) is 4.48. The maximum Gasteiger partial charge on any atom is 0.166 e. The van der Waals surface area contributed by atoms with E-state index in [2.05, 4.69) is 0 Å². The van der Waals surface area contributed by atoms with Crippen LogP contribution in [0.25, 0.3) is 0 Å². The van der Waals surface area contributed by atoms with E-state index in [1.807, 2.05) is 0 Å². The molecule has 0 aliphatic rings. The topological polar surface area (TPSA) is 54.4 Å². The number of allylic oxidation sites excluding steroid dienone is 1. The SMILES string of the molecule is CC(=O)/C(C=O)=C\O.[Y]. The van der Waals surface area contributed by atoms with Gasteiger partial charge in [0.25, 0.3) is 0 Å². The van der Waals surface area contributed by atoms with Crippen molar-refractivity contribution in [3.63, 3.8) is 0 Å². The zero-order valence-electron chi connectivity index (χ0n) is 5.00. The van der Waals surface area contributed by atoms with Crippen LogP contribution < -0.4 is 0 Å². The Kier molecular flexibility index (Phi) is 7.97. The van der Waals surface area contributed by atoms with E-state index in [-0.39, 0.29) is 38.3 Å². The van der Waals surface area contributed by atoms with Gasteiger partial charge in [-0.25, -0.2) is 0 Å². The molecule has 1 radical (unpaired) electrons. The Labute approximate surface area is 78.0 Å². The number of aliphatic hydroxyl groups excluding tert-OH is 1. The molecule has 47 valence electrons. The second-order valence-electron chi connectivity index (χ2n) is 1.26. The molecular formula is C5H6O3Y. The fourth-order valence-electron chi connectivity index (χ4n) is 0.204. The zero-order valence-corrected chi connectivity index (χ0v) is 7.83. The molecule has 0 amide bonds. The Morgan fingerprint density at radius 2 is 2.00 bits per heavy atom. The van der Waals surface area contributed by atoms with Crippen molar-refractivity contribution in [3.05, 3.63) is 11.8 Å². The van der Waals surface area contributed by atoms with Gasteiger partial charge in [-0.2, -0.15) is 0 Å².